The van der Waals surface area contributed by atoms with Gasteiger partial charge in [0, 0.05) is 20.6 Å². The van der Waals surface area contributed by atoms with Gasteiger partial charge in [-0.05, 0) is 67.1 Å². The molecule has 29 heavy (non-hydrogen) atoms. The zero-order valence-electron chi connectivity index (χ0n) is 15.5. The van der Waals surface area contributed by atoms with Crippen molar-refractivity contribution < 1.29 is 13.6 Å². The van der Waals surface area contributed by atoms with E-state index in [4.69, 9.17) is 20.4 Å². The molecule has 4 rings (SSSR count). The zero-order valence-corrected chi connectivity index (χ0v) is 17.8. The number of ketones is 1. The second-order valence-corrected chi connectivity index (χ2v) is 7.86. The molecule has 0 aliphatic heterocycles. The van der Waals surface area contributed by atoms with Crippen molar-refractivity contribution in [3.63, 3.8) is 0 Å². The van der Waals surface area contributed by atoms with Crippen LogP contribution in [0.5, 0.6) is 0 Å². The molecule has 0 fully saturated rings. The van der Waals surface area contributed by atoms with Gasteiger partial charge < -0.3 is 8.83 Å². The Kier molecular flexibility index (Phi) is 5.56. The lowest BCUT2D eigenvalue weighted by atomic mass is 10.1. The molecule has 2 aromatic carbocycles. The van der Waals surface area contributed by atoms with Crippen LogP contribution in [0.1, 0.15) is 21.9 Å². The third-order valence-corrected chi connectivity index (χ3v) is 5.40. The van der Waals surface area contributed by atoms with Gasteiger partial charge in [0.15, 0.2) is 5.76 Å². The summed E-state index contributed by atoms with van der Waals surface area (Å²) in [6.45, 7) is 1.94. The number of allylic oxidation sites excluding steroid dienone is 1. The molecule has 0 saturated heterocycles. The van der Waals surface area contributed by atoms with Gasteiger partial charge in [-0.2, -0.15) is 0 Å². The van der Waals surface area contributed by atoms with Crippen LogP contribution in [-0.4, -0.2) is 5.78 Å². The fourth-order valence-corrected chi connectivity index (χ4v) is 3.27. The molecule has 144 valence electrons. The summed E-state index contributed by atoms with van der Waals surface area (Å²) in [5.74, 6) is 1.94. The van der Waals surface area contributed by atoms with Crippen LogP contribution in [0.2, 0.25) is 5.02 Å². The SMILES string of the molecule is Cc1ccc(-c2ccc(C(=O)C=Cc3ccc(-c4ccc(Br)cc4)o3)o2)cc1Cl. The smallest absolute Gasteiger partial charge is 0.221 e. The molecule has 0 atom stereocenters. The number of benzene rings is 2. The van der Waals surface area contributed by atoms with E-state index in [2.05, 4.69) is 15.9 Å². The molecule has 0 saturated carbocycles. The minimum Gasteiger partial charge on any atom is -0.457 e. The first-order chi connectivity index (χ1) is 14.0. The normalized spacial score (nSPS) is 11.3. The topological polar surface area (TPSA) is 43.4 Å². The molecule has 0 spiro atoms. The van der Waals surface area contributed by atoms with Crippen LogP contribution in [0.25, 0.3) is 28.7 Å². The van der Waals surface area contributed by atoms with E-state index < -0.39 is 0 Å². The van der Waals surface area contributed by atoms with Crippen molar-refractivity contribution in [3.05, 3.63) is 99.4 Å². The summed E-state index contributed by atoms with van der Waals surface area (Å²) in [5.41, 5.74) is 2.78. The summed E-state index contributed by atoms with van der Waals surface area (Å²) in [4.78, 5) is 12.4. The van der Waals surface area contributed by atoms with Crippen LogP contribution in [0.3, 0.4) is 0 Å². The molecule has 0 N–H and O–H groups in total. The summed E-state index contributed by atoms with van der Waals surface area (Å²) >= 11 is 9.59. The predicted molar refractivity (Wildman–Crippen MR) is 119 cm³/mol. The van der Waals surface area contributed by atoms with Crippen LogP contribution in [-0.2, 0) is 0 Å². The van der Waals surface area contributed by atoms with Crippen molar-refractivity contribution in [3.8, 4) is 22.6 Å². The van der Waals surface area contributed by atoms with E-state index in [1.807, 2.05) is 61.5 Å². The Hall–Kier alpha value is -2.82. The van der Waals surface area contributed by atoms with Crippen LogP contribution < -0.4 is 0 Å². The minimum absolute atomic E-state index is 0.240. The molecule has 0 amide bonds. The Morgan fingerprint density at radius 1 is 0.897 bits per heavy atom. The van der Waals surface area contributed by atoms with Gasteiger partial charge >= 0.3 is 0 Å². The van der Waals surface area contributed by atoms with E-state index in [9.17, 15) is 4.79 Å². The predicted octanol–water partition coefficient (Wildman–Crippen LogP) is 7.83. The number of hydrogen-bond acceptors (Lipinski definition) is 3. The summed E-state index contributed by atoms with van der Waals surface area (Å²) in [5, 5.41) is 0.658. The van der Waals surface area contributed by atoms with Crippen LogP contribution in [0.15, 0.2) is 86.1 Å². The second-order valence-electron chi connectivity index (χ2n) is 6.53. The Morgan fingerprint density at radius 2 is 1.59 bits per heavy atom. The van der Waals surface area contributed by atoms with Crippen molar-refractivity contribution in [2.45, 2.75) is 6.92 Å². The van der Waals surface area contributed by atoms with Crippen LogP contribution in [0, 0.1) is 6.92 Å². The molecule has 0 bridgehead atoms. The van der Waals surface area contributed by atoms with Gasteiger partial charge in [-0.15, -0.1) is 0 Å². The molecule has 0 radical (unpaired) electrons. The summed E-state index contributed by atoms with van der Waals surface area (Å²) < 4.78 is 12.5. The lowest BCUT2D eigenvalue weighted by molar-refractivity contribution is 0.102. The standard InChI is InChI=1S/C24H16BrClO3/c1-15-2-3-17(14-20(15)26)23-12-13-24(29-23)21(27)10-8-19-9-11-22(28-19)16-4-6-18(25)7-5-16/h2-14H,1H3. The van der Waals surface area contributed by atoms with Crippen molar-refractivity contribution in [1.29, 1.82) is 0 Å². The van der Waals surface area contributed by atoms with Gasteiger partial charge in [-0.3, -0.25) is 4.79 Å². The fraction of sp³-hybridized carbons (Fsp3) is 0.0417. The minimum atomic E-state index is -0.240. The number of furan rings is 2. The van der Waals surface area contributed by atoms with Gasteiger partial charge in [0.1, 0.15) is 17.3 Å². The quantitative estimate of drug-likeness (QED) is 0.222. The van der Waals surface area contributed by atoms with Crippen molar-refractivity contribution >= 4 is 39.4 Å². The Labute approximate surface area is 181 Å². The lowest BCUT2D eigenvalue weighted by Crippen LogP contribution is -1.90. The molecule has 3 nitrogen and oxygen atoms in total. The zero-order chi connectivity index (χ0) is 20.4. The number of rotatable bonds is 5. The molecule has 2 aromatic heterocycles. The molecular formula is C24H16BrClO3. The van der Waals surface area contributed by atoms with Crippen LogP contribution in [0.4, 0.5) is 0 Å². The van der Waals surface area contributed by atoms with E-state index >= 15 is 0 Å². The third kappa shape index (κ3) is 4.44. The van der Waals surface area contributed by atoms with E-state index in [0.29, 0.717) is 16.5 Å². The van der Waals surface area contributed by atoms with Crippen LogP contribution >= 0.6 is 27.5 Å². The summed E-state index contributed by atoms with van der Waals surface area (Å²) in [7, 11) is 0. The molecular weight excluding hydrogens is 452 g/mol. The average Bonchev–Trinajstić information content (AvgIpc) is 3.39. The van der Waals surface area contributed by atoms with Gasteiger partial charge in [-0.1, -0.05) is 51.8 Å². The van der Waals surface area contributed by atoms with Gasteiger partial charge in [-0.25, -0.2) is 0 Å². The van der Waals surface area contributed by atoms with Gasteiger partial charge in [0.25, 0.3) is 0 Å². The van der Waals surface area contributed by atoms with Gasteiger partial charge in [0.05, 0.1) is 0 Å². The molecule has 0 unspecified atom stereocenters. The first-order valence-electron chi connectivity index (χ1n) is 8.94. The number of aryl methyl sites for hydroxylation is 1. The number of halogens is 2. The summed E-state index contributed by atoms with van der Waals surface area (Å²) in [6, 6.07) is 20.6. The van der Waals surface area contributed by atoms with Crippen molar-refractivity contribution in [1.82, 2.24) is 0 Å². The third-order valence-electron chi connectivity index (χ3n) is 4.46. The van der Waals surface area contributed by atoms with E-state index in [1.165, 1.54) is 6.08 Å². The van der Waals surface area contributed by atoms with Gasteiger partial charge in [0.2, 0.25) is 5.78 Å². The van der Waals surface area contributed by atoms with E-state index in [0.717, 1.165) is 26.9 Å². The lowest BCUT2D eigenvalue weighted by Gasteiger charge is -2.00. The maximum absolute atomic E-state index is 12.4. The fourth-order valence-electron chi connectivity index (χ4n) is 2.82. The Balaban J connectivity index is 1.48. The largest absolute Gasteiger partial charge is 0.457 e. The van der Waals surface area contributed by atoms with E-state index in [-0.39, 0.29) is 11.5 Å². The molecule has 0 aliphatic rings. The molecule has 0 aliphatic carbocycles. The number of hydrogen-bond donors (Lipinski definition) is 0. The first-order valence-corrected chi connectivity index (χ1v) is 10.1. The molecule has 4 aromatic rings. The highest BCUT2D eigenvalue weighted by molar-refractivity contribution is 9.10. The Morgan fingerprint density at radius 3 is 2.34 bits per heavy atom. The van der Waals surface area contributed by atoms with Crippen molar-refractivity contribution in [2.24, 2.45) is 0 Å². The highest BCUT2D eigenvalue weighted by atomic mass is 79.9. The number of carbonyl (C=O) groups is 1. The highest BCUT2D eigenvalue weighted by Crippen LogP contribution is 2.28. The monoisotopic (exact) mass is 466 g/mol. The maximum atomic E-state index is 12.4. The average molecular weight is 468 g/mol. The second kappa shape index (κ2) is 8.27. The van der Waals surface area contributed by atoms with E-state index in [1.54, 1.807) is 18.2 Å². The molecule has 5 heteroatoms. The van der Waals surface area contributed by atoms with Crippen molar-refractivity contribution in [2.75, 3.05) is 0 Å². The maximum Gasteiger partial charge on any atom is 0.221 e. The molecule has 2 heterocycles. The summed E-state index contributed by atoms with van der Waals surface area (Å²) in [6.07, 6.45) is 3.07. The first kappa shape index (κ1) is 19.5. The highest BCUT2D eigenvalue weighted by Gasteiger charge is 2.11. The Bertz CT molecular complexity index is 1200. The number of carbonyl (C=O) groups excluding carboxylic acids is 1.